The topological polar surface area (TPSA) is 221 Å². The highest BCUT2D eigenvalue weighted by molar-refractivity contribution is 5.61. The Kier molecular flexibility index (Phi) is 17.4. The third-order valence-corrected chi connectivity index (χ3v) is 11.6. The standard InChI is InChI=1S/C53H54N6O12/c1-2-17-69-53-42-30-38-7-3-5-36-28-40-32-46(56-54-44-9-13-48(14-10-44)58(61)62)33-41(50(40)60)29-37-6-4-8-39(31-43(53)35-47(34-42)57-55-45-11-15-49(16-12-45)59(63)64)52(37)71-27-25-68-23-21-66-19-18-65-20-22-67-24-26-70-51(36)38/h3-16,32-35,60H,2,17-31H2,1H3. The van der Waals surface area contributed by atoms with Gasteiger partial charge in [0.15, 0.2) is 0 Å². The highest BCUT2D eigenvalue weighted by Crippen LogP contribution is 2.42. The van der Waals surface area contributed by atoms with Gasteiger partial charge in [0.1, 0.15) is 36.2 Å². The molecule has 0 unspecified atom stereocenters. The molecule has 6 aromatic carbocycles. The van der Waals surface area contributed by atoms with Crippen molar-refractivity contribution in [1.82, 2.24) is 0 Å². The minimum atomic E-state index is -0.473. The van der Waals surface area contributed by atoms with Crippen molar-refractivity contribution < 1.29 is 48.1 Å². The van der Waals surface area contributed by atoms with E-state index in [1.54, 1.807) is 24.3 Å². The predicted octanol–water partition coefficient (Wildman–Crippen LogP) is 11.3. The van der Waals surface area contributed by atoms with Gasteiger partial charge < -0.3 is 38.3 Å². The average molecular weight is 967 g/mol. The number of non-ortho nitro benzene ring substituents is 2. The maximum absolute atomic E-state index is 12.3. The van der Waals surface area contributed by atoms with Crippen LogP contribution in [0.2, 0.25) is 0 Å². The fourth-order valence-corrected chi connectivity index (χ4v) is 8.22. The van der Waals surface area contributed by atoms with E-state index < -0.39 is 9.85 Å². The predicted molar refractivity (Wildman–Crippen MR) is 263 cm³/mol. The number of benzene rings is 6. The van der Waals surface area contributed by atoms with Crippen LogP contribution in [0.25, 0.3) is 0 Å². The number of azo groups is 2. The number of hydrogen-bond donors (Lipinski definition) is 1. The molecule has 10 bridgehead atoms. The van der Waals surface area contributed by atoms with Crippen molar-refractivity contribution in [3.8, 4) is 23.0 Å². The van der Waals surface area contributed by atoms with Crippen molar-refractivity contribution >= 4 is 34.1 Å². The Morgan fingerprint density at radius 3 is 1.18 bits per heavy atom. The van der Waals surface area contributed by atoms with Crippen LogP contribution in [-0.4, -0.2) is 87.6 Å². The number of phenols is 1. The average Bonchev–Trinajstić information content (AvgIpc) is 3.36. The van der Waals surface area contributed by atoms with Crippen molar-refractivity contribution in [2.45, 2.75) is 39.0 Å². The van der Waals surface area contributed by atoms with E-state index >= 15 is 0 Å². The molecule has 0 amide bonds. The Morgan fingerprint density at radius 1 is 0.479 bits per heavy atom. The molecule has 0 fully saturated rings. The van der Waals surface area contributed by atoms with Gasteiger partial charge in [0.2, 0.25) is 0 Å². The van der Waals surface area contributed by atoms with E-state index in [9.17, 15) is 25.3 Å². The Hall–Kier alpha value is -7.64. The van der Waals surface area contributed by atoms with Gasteiger partial charge in [-0.15, -0.1) is 0 Å². The van der Waals surface area contributed by atoms with Gasteiger partial charge in [0.05, 0.1) is 92.1 Å². The monoisotopic (exact) mass is 966 g/mol. The number of nitrogens with zero attached hydrogens (tertiary/aromatic N) is 6. The summed E-state index contributed by atoms with van der Waals surface area (Å²) in [5.41, 5.74) is 7.72. The zero-order valence-corrected chi connectivity index (χ0v) is 39.3. The molecule has 6 aromatic rings. The number of aromatic hydroxyl groups is 1. The molecule has 18 heteroatoms. The van der Waals surface area contributed by atoms with Crippen LogP contribution in [0, 0.1) is 20.2 Å². The van der Waals surface area contributed by atoms with Crippen molar-refractivity contribution in [3.63, 3.8) is 0 Å². The molecule has 0 saturated carbocycles. The lowest BCUT2D eigenvalue weighted by Gasteiger charge is -2.22. The summed E-state index contributed by atoms with van der Waals surface area (Å²) in [7, 11) is 0. The second-order valence-corrected chi connectivity index (χ2v) is 16.7. The number of nitro groups is 2. The van der Waals surface area contributed by atoms with Crippen LogP contribution in [0.15, 0.2) is 130 Å². The largest absolute Gasteiger partial charge is 0.507 e. The second-order valence-electron chi connectivity index (χ2n) is 16.7. The smallest absolute Gasteiger partial charge is 0.269 e. The van der Waals surface area contributed by atoms with Crippen LogP contribution < -0.4 is 14.2 Å². The molecule has 0 spiro atoms. The minimum Gasteiger partial charge on any atom is -0.507 e. The van der Waals surface area contributed by atoms with E-state index in [2.05, 4.69) is 27.4 Å². The third-order valence-electron chi connectivity index (χ3n) is 11.6. The first-order valence-electron chi connectivity index (χ1n) is 23.5. The minimum absolute atomic E-state index is 0.0509. The normalized spacial score (nSPS) is 15.2. The summed E-state index contributed by atoms with van der Waals surface area (Å²) in [6.45, 7) is 5.74. The summed E-state index contributed by atoms with van der Waals surface area (Å²) in [4.78, 5) is 21.8. The van der Waals surface area contributed by atoms with Crippen LogP contribution in [0.1, 0.15) is 57.9 Å². The Labute approximate surface area is 410 Å². The number of para-hydroxylation sites is 2. The molecule has 1 N–H and O–H groups in total. The Bertz CT molecular complexity index is 2740. The zero-order valence-electron chi connectivity index (χ0n) is 39.3. The number of phenolic OH excluding ortho intramolecular Hbond substituents is 1. The lowest BCUT2D eigenvalue weighted by Crippen LogP contribution is -2.15. The van der Waals surface area contributed by atoms with E-state index in [0.29, 0.717) is 110 Å². The summed E-state index contributed by atoms with van der Waals surface area (Å²) in [6, 6.07) is 30.9. The maximum Gasteiger partial charge on any atom is 0.269 e. The van der Waals surface area contributed by atoms with E-state index in [0.717, 1.165) is 39.8 Å². The molecule has 0 radical (unpaired) electrons. The number of fused-ring (bicyclic) bond motifs is 2. The van der Waals surface area contributed by atoms with E-state index in [4.69, 9.17) is 33.2 Å². The third kappa shape index (κ3) is 13.6. The number of rotatable bonds is 9. The highest BCUT2D eigenvalue weighted by Gasteiger charge is 2.23. The fraction of sp³-hybridized carbons (Fsp3) is 0.321. The molecule has 18 nitrogen and oxygen atoms in total. The SMILES string of the molecule is CCCOc1c2cc(N=Nc3ccc([N+](=O)[O-])cc3)cc1Cc1cccc3c1OCCOCCOCCOCCOCCOc1c(cccc1C2)Cc1cc(N=Nc2ccc([N+](=O)[O-])cc2)cc(c1O)C3. The van der Waals surface area contributed by atoms with Crippen molar-refractivity contribution in [3.05, 3.63) is 174 Å². The lowest BCUT2D eigenvalue weighted by molar-refractivity contribution is -0.385. The van der Waals surface area contributed by atoms with Crippen LogP contribution in [0.5, 0.6) is 23.0 Å². The summed E-state index contributed by atoms with van der Waals surface area (Å²) in [5, 5.41) is 53.2. The fourth-order valence-electron chi connectivity index (χ4n) is 8.22. The summed E-state index contributed by atoms with van der Waals surface area (Å²) >= 11 is 0. The van der Waals surface area contributed by atoms with Gasteiger partial charge >= 0.3 is 0 Å². The molecule has 0 saturated heterocycles. The van der Waals surface area contributed by atoms with Crippen LogP contribution in [0.4, 0.5) is 34.1 Å². The van der Waals surface area contributed by atoms with Crippen molar-refractivity contribution in [2.24, 2.45) is 20.5 Å². The zero-order chi connectivity index (χ0) is 49.4. The molecule has 1 aliphatic heterocycles. The molecular formula is C53H54N6O12. The van der Waals surface area contributed by atoms with Gasteiger partial charge in [-0.2, -0.15) is 20.5 Å². The first kappa shape index (κ1) is 49.8. The Balaban J connectivity index is 1.29. The number of nitro benzene ring substituents is 2. The first-order chi connectivity index (χ1) is 34.7. The molecule has 8 rings (SSSR count). The molecule has 368 valence electrons. The molecule has 1 heterocycles. The van der Waals surface area contributed by atoms with E-state index in [-0.39, 0.29) is 56.4 Å². The van der Waals surface area contributed by atoms with Gasteiger partial charge in [0, 0.05) is 72.2 Å². The lowest BCUT2D eigenvalue weighted by atomic mass is 9.91. The van der Waals surface area contributed by atoms with Gasteiger partial charge in [-0.25, -0.2) is 0 Å². The molecule has 0 aromatic heterocycles. The van der Waals surface area contributed by atoms with Crippen LogP contribution >= 0.6 is 0 Å². The highest BCUT2D eigenvalue weighted by atomic mass is 16.6. The molecular weight excluding hydrogens is 913 g/mol. The van der Waals surface area contributed by atoms with Gasteiger partial charge in [-0.1, -0.05) is 43.3 Å². The molecule has 71 heavy (non-hydrogen) atoms. The second kappa shape index (κ2) is 24.8. The van der Waals surface area contributed by atoms with Crippen molar-refractivity contribution in [1.29, 1.82) is 0 Å². The molecule has 1 aliphatic carbocycles. The van der Waals surface area contributed by atoms with Gasteiger partial charge in [-0.05, 0) is 77.2 Å². The summed E-state index contributed by atoms with van der Waals surface area (Å²) < 4.78 is 43.3. The number of ether oxygens (including phenoxy) is 7. The quantitative estimate of drug-likeness (QED) is 0.0811. The summed E-state index contributed by atoms with van der Waals surface area (Å²) in [5.74, 6) is 1.96. The van der Waals surface area contributed by atoms with Gasteiger partial charge in [-0.3, -0.25) is 20.2 Å². The van der Waals surface area contributed by atoms with Crippen molar-refractivity contribution in [2.75, 3.05) is 72.7 Å². The number of hydrogen-bond acceptors (Lipinski definition) is 16. The summed E-state index contributed by atoms with van der Waals surface area (Å²) in [6.07, 6.45) is 1.90. The first-order valence-corrected chi connectivity index (χ1v) is 23.5. The van der Waals surface area contributed by atoms with E-state index in [1.165, 1.54) is 36.4 Å². The molecule has 2 aliphatic rings. The Morgan fingerprint density at radius 2 is 0.817 bits per heavy atom. The van der Waals surface area contributed by atoms with Gasteiger partial charge in [0.25, 0.3) is 11.4 Å². The van der Waals surface area contributed by atoms with Crippen LogP contribution in [0.3, 0.4) is 0 Å². The van der Waals surface area contributed by atoms with E-state index in [1.807, 2.05) is 48.5 Å². The molecule has 0 atom stereocenters. The maximum atomic E-state index is 12.3. The van der Waals surface area contributed by atoms with Crippen LogP contribution in [-0.2, 0) is 44.6 Å².